The fourth-order valence-corrected chi connectivity index (χ4v) is 1.33. The summed E-state index contributed by atoms with van der Waals surface area (Å²) in [6.07, 6.45) is 5.24. The van der Waals surface area contributed by atoms with Crippen LogP contribution in [0.3, 0.4) is 0 Å². The molecule has 0 bridgehead atoms. The largest absolute Gasteiger partial charge is 0.326 e. The zero-order chi connectivity index (χ0) is 10.7. The number of nitrogens with zero attached hydrogens (tertiary/aromatic N) is 3. The zero-order valence-electron chi connectivity index (χ0n) is 8.51. The SMILES string of the molecule is Cc1nc(-c2cccnc2)ncc1CN. The minimum absolute atomic E-state index is 0.471. The highest BCUT2D eigenvalue weighted by Gasteiger charge is 2.03. The monoisotopic (exact) mass is 200 g/mol. The van der Waals surface area contributed by atoms with Crippen LogP contribution in [-0.4, -0.2) is 15.0 Å². The van der Waals surface area contributed by atoms with Crippen LogP contribution in [0.25, 0.3) is 11.4 Å². The van der Waals surface area contributed by atoms with Gasteiger partial charge in [0, 0.05) is 42.0 Å². The van der Waals surface area contributed by atoms with Gasteiger partial charge >= 0.3 is 0 Å². The Morgan fingerprint density at radius 3 is 2.80 bits per heavy atom. The summed E-state index contributed by atoms with van der Waals surface area (Å²) in [6.45, 7) is 2.41. The Balaban J connectivity index is 2.43. The molecule has 0 aliphatic rings. The zero-order valence-corrected chi connectivity index (χ0v) is 8.51. The molecule has 0 aliphatic heterocycles. The first-order valence-electron chi connectivity index (χ1n) is 4.74. The summed E-state index contributed by atoms with van der Waals surface area (Å²) >= 11 is 0. The lowest BCUT2D eigenvalue weighted by Gasteiger charge is -2.04. The molecular formula is C11H12N4. The van der Waals surface area contributed by atoms with Gasteiger partial charge in [0.15, 0.2) is 5.82 Å². The Morgan fingerprint density at radius 1 is 1.33 bits per heavy atom. The van der Waals surface area contributed by atoms with Crippen LogP contribution in [0.2, 0.25) is 0 Å². The third-order valence-electron chi connectivity index (χ3n) is 2.22. The molecule has 0 radical (unpaired) electrons. The lowest BCUT2D eigenvalue weighted by Crippen LogP contribution is -2.03. The lowest BCUT2D eigenvalue weighted by atomic mass is 10.2. The molecule has 4 nitrogen and oxygen atoms in total. The molecule has 2 aromatic heterocycles. The molecule has 0 fully saturated rings. The van der Waals surface area contributed by atoms with E-state index in [1.807, 2.05) is 19.1 Å². The summed E-state index contributed by atoms with van der Waals surface area (Å²) < 4.78 is 0. The second-order valence-electron chi connectivity index (χ2n) is 3.25. The first kappa shape index (κ1) is 9.73. The molecule has 0 aliphatic carbocycles. The summed E-state index contributed by atoms with van der Waals surface area (Å²) in [5.74, 6) is 0.692. The van der Waals surface area contributed by atoms with E-state index in [0.29, 0.717) is 12.4 Å². The topological polar surface area (TPSA) is 64.7 Å². The van der Waals surface area contributed by atoms with Gasteiger partial charge in [0.2, 0.25) is 0 Å². The molecule has 4 heteroatoms. The fourth-order valence-electron chi connectivity index (χ4n) is 1.33. The maximum absolute atomic E-state index is 5.55. The van der Waals surface area contributed by atoms with Crippen molar-refractivity contribution in [2.24, 2.45) is 5.73 Å². The molecular weight excluding hydrogens is 188 g/mol. The average molecular weight is 200 g/mol. The van der Waals surface area contributed by atoms with E-state index < -0.39 is 0 Å². The number of rotatable bonds is 2. The molecule has 76 valence electrons. The highest BCUT2D eigenvalue weighted by Crippen LogP contribution is 2.14. The molecule has 2 aromatic rings. The van der Waals surface area contributed by atoms with Gasteiger partial charge in [-0.2, -0.15) is 0 Å². The van der Waals surface area contributed by atoms with Crippen molar-refractivity contribution in [1.82, 2.24) is 15.0 Å². The van der Waals surface area contributed by atoms with Crippen molar-refractivity contribution < 1.29 is 0 Å². The van der Waals surface area contributed by atoms with E-state index in [1.165, 1.54) is 0 Å². The van der Waals surface area contributed by atoms with Crippen molar-refractivity contribution in [3.63, 3.8) is 0 Å². The summed E-state index contributed by atoms with van der Waals surface area (Å²) in [6, 6.07) is 3.80. The van der Waals surface area contributed by atoms with E-state index in [2.05, 4.69) is 15.0 Å². The van der Waals surface area contributed by atoms with Crippen LogP contribution in [0.5, 0.6) is 0 Å². The first-order valence-corrected chi connectivity index (χ1v) is 4.74. The van der Waals surface area contributed by atoms with Crippen molar-refractivity contribution in [2.75, 3.05) is 0 Å². The van der Waals surface area contributed by atoms with E-state index >= 15 is 0 Å². The molecule has 0 aromatic carbocycles. The highest BCUT2D eigenvalue weighted by atomic mass is 14.9. The van der Waals surface area contributed by atoms with Crippen LogP contribution >= 0.6 is 0 Å². The Labute approximate surface area is 88.2 Å². The van der Waals surface area contributed by atoms with Gasteiger partial charge in [-0.3, -0.25) is 4.98 Å². The van der Waals surface area contributed by atoms with E-state index in [1.54, 1.807) is 18.6 Å². The van der Waals surface area contributed by atoms with Gasteiger partial charge in [0.05, 0.1) is 0 Å². The molecule has 2 N–H and O–H groups in total. The van der Waals surface area contributed by atoms with Crippen molar-refractivity contribution >= 4 is 0 Å². The summed E-state index contributed by atoms with van der Waals surface area (Å²) in [5, 5.41) is 0. The molecule has 0 spiro atoms. The normalized spacial score (nSPS) is 10.3. The van der Waals surface area contributed by atoms with Crippen molar-refractivity contribution in [2.45, 2.75) is 13.5 Å². The minimum Gasteiger partial charge on any atom is -0.326 e. The smallest absolute Gasteiger partial charge is 0.160 e. The molecule has 0 atom stereocenters. The minimum atomic E-state index is 0.471. The standard InChI is InChI=1S/C11H12N4/c1-8-10(5-12)7-14-11(15-8)9-3-2-4-13-6-9/h2-4,6-7H,5,12H2,1H3. The van der Waals surface area contributed by atoms with Gasteiger partial charge in [0.1, 0.15) is 0 Å². The highest BCUT2D eigenvalue weighted by molar-refractivity contribution is 5.53. The average Bonchev–Trinajstić information content (AvgIpc) is 2.30. The summed E-state index contributed by atoms with van der Waals surface area (Å²) in [7, 11) is 0. The van der Waals surface area contributed by atoms with Gasteiger partial charge in [-0.1, -0.05) is 0 Å². The second-order valence-corrected chi connectivity index (χ2v) is 3.25. The van der Waals surface area contributed by atoms with E-state index in [0.717, 1.165) is 16.8 Å². The van der Waals surface area contributed by atoms with Crippen LogP contribution in [0.1, 0.15) is 11.3 Å². The lowest BCUT2D eigenvalue weighted by molar-refractivity contribution is 0.972. The molecule has 0 unspecified atom stereocenters. The molecule has 0 saturated heterocycles. The van der Waals surface area contributed by atoms with E-state index in [4.69, 9.17) is 5.73 Å². The third-order valence-corrected chi connectivity index (χ3v) is 2.22. The quantitative estimate of drug-likeness (QED) is 0.793. The number of nitrogens with two attached hydrogens (primary N) is 1. The number of pyridine rings is 1. The Hall–Kier alpha value is -1.81. The Morgan fingerprint density at radius 2 is 2.20 bits per heavy atom. The number of aryl methyl sites for hydroxylation is 1. The maximum atomic E-state index is 5.55. The van der Waals surface area contributed by atoms with Gasteiger partial charge in [-0.05, 0) is 19.1 Å². The summed E-state index contributed by atoms with van der Waals surface area (Å²) in [4.78, 5) is 12.7. The predicted octanol–water partition coefficient (Wildman–Crippen LogP) is 1.31. The van der Waals surface area contributed by atoms with Crippen molar-refractivity contribution in [3.8, 4) is 11.4 Å². The second kappa shape index (κ2) is 4.14. The predicted molar refractivity (Wildman–Crippen MR) is 57.9 cm³/mol. The summed E-state index contributed by atoms with van der Waals surface area (Å²) in [5.41, 5.74) is 8.36. The van der Waals surface area contributed by atoms with Crippen LogP contribution in [0, 0.1) is 6.92 Å². The fraction of sp³-hybridized carbons (Fsp3) is 0.182. The van der Waals surface area contributed by atoms with E-state index in [-0.39, 0.29) is 0 Å². The van der Waals surface area contributed by atoms with Gasteiger partial charge < -0.3 is 5.73 Å². The van der Waals surface area contributed by atoms with Crippen LogP contribution in [0.15, 0.2) is 30.7 Å². The molecule has 15 heavy (non-hydrogen) atoms. The Bertz CT molecular complexity index is 453. The Kier molecular flexibility index (Phi) is 2.69. The number of hydrogen-bond donors (Lipinski definition) is 1. The van der Waals surface area contributed by atoms with Gasteiger partial charge in [-0.15, -0.1) is 0 Å². The first-order chi connectivity index (χ1) is 7.31. The van der Waals surface area contributed by atoms with Crippen molar-refractivity contribution in [1.29, 1.82) is 0 Å². The van der Waals surface area contributed by atoms with E-state index in [9.17, 15) is 0 Å². The van der Waals surface area contributed by atoms with Crippen LogP contribution in [-0.2, 0) is 6.54 Å². The van der Waals surface area contributed by atoms with Crippen LogP contribution in [0.4, 0.5) is 0 Å². The molecule has 2 rings (SSSR count). The molecule has 0 amide bonds. The molecule has 2 heterocycles. The number of hydrogen-bond acceptors (Lipinski definition) is 4. The van der Waals surface area contributed by atoms with Crippen LogP contribution < -0.4 is 5.73 Å². The van der Waals surface area contributed by atoms with Gasteiger partial charge in [0.25, 0.3) is 0 Å². The number of aromatic nitrogens is 3. The van der Waals surface area contributed by atoms with Crippen molar-refractivity contribution in [3.05, 3.63) is 42.0 Å². The molecule has 0 saturated carbocycles. The maximum Gasteiger partial charge on any atom is 0.160 e. The van der Waals surface area contributed by atoms with Gasteiger partial charge in [-0.25, -0.2) is 9.97 Å². The third kappa shape index (κ3) is 1.99.